The van der Waals surface area contributed by atoms with Crippen molar-refractivity contribution in [2.75, 3.05) is 25.5 Å². The van der Waals surface area contributed by atoms with E-state index >= 15 is 0 Å². The number of alkyl halides is 1. The van der Waals surface area contributed by atoms with E-state index in [0.29, 0.717) is 6.10 Å². The molecule has 0 bridgehead atoms. The Morgan fingerprint density at radius 3 is 3.00 bits per heavy atom. The van der Waals surface area contributed by atoms with Gasteiger partial charge in [0.1, 0.15) is 11.9 Å². The van der Waals surface area contributed by atoms with E-state index in [4.69, 9.17) is 4.74 Å². The van der Waals surface area contributed by atoms with Crippen LogP contribution in [0.5, 0.6) is 5.75 Å². The number of nitrogens with zero attached hydrogens (tertiary/aromatic N) is 1. The molecule has 0 saturated carbocycles. The topological polar surface area (TPSA) is 12.5 Å². The van der Waals surface area contributed by atoms with E-state index in [-0.39, 0.29) is 0 Å². The predicted molar refractivity (Wildman–Crippen MR) is 65.9 cm³/mol. The molecule has 82 valence electrons. The van der Waals surface area contributed by atoms with Crippen molar-refractivity contribution in [3.8, 4) is 5.75 Å². The SMILES string of the molecule is CN(CCBr)CC1Cc2ccccc2O1. The Hall–Kier alpha value is -0.540. The molecule has 0 radical (unpaired) electrons. The lowest BCUT2D eigenvalue weighted by molar-refractivity contribution is 0.173. The summed E-state index contributed by atoms with van der Waals surface area (Å²) in [5.41, 5.74) is 1.34. The van der Waals surface area contributed by atoms with Crippen LogP contribution in [0.2, 0.25) is 0 Å². The van der Waals surface area contributed by atoms with E-state index in [9.17, 15) is 0 Å². The number of ether oxygens (including phenoxy) is 1. The van der Waals surface area contributed by atoms with Crippen LogP contribution in [0.25, 0.3) is 0 Å². The zero-order valence-electron chi connectivity index (χ0n) is 8.95. The van der Waals surface area contributed by atoms with Gasteiger partial charge in [0, 0.05) is 24.8 Å². The molecule has 0 aliphatic carbocycles. The summed E-state index contributed by atoms with van der Waals surface area (Å²) in [6.45, 7) is 2.07. The highest BCUT2D eigenvalue weighted by molar-refractivity contribution is 9.09. The average molecular weight is 270 g/mol. The van der Waals surface area contributed by atoms with Gasteiger partial charge in [0.15, 0.2) is 0 Å². The lowest BCUT2D eigenvalue weighted by Gasteiger charge is -2.19. The third-order valence-corrected chi connectivity index (χ3v) is 3.05. The van der Waals surface area contributed by atoms with E-state index in [2.05, 4.69) is 46.1 Å². The standard InChI is InChI=1S/C12H16BrNO/c1-14(7-6-13)9-11-8-10-4-2-3-5-12(10)15-11/h2-5,11H,6-9H2,1H3. The maximum atomic E-state index is 5.87. The second-order valence-electron chi connectivity index (χ2n) is 4.00. The Bertz CT molecular complexity index is 304. The minimum Gasteiger partial charge on any atom is -0.488 e. The molecule has 1 unspecified atom stereocenters. The summed E-state index contributed by atoms with van der Waals surface area (Å²) in [7, 11) is 2.13. The van der Waals surface area contributed by atoms with Crippen molar-refractivity contribution in [3.63, 3.8) is 0 Å². The summed E-state index contributed by atoms with van der Waals surface area (Å²) in [4.78, 5) is 2.30. The second-order valence-corrected chi connectivity index (χ2v) is 4.80. The average Bonchev–Trinajstić information content (AvgIpc) is 2.59. The number of hydrogen-bond acceptors (Lipinski definition) is 2. The first-order valence-corrected chi connectivity index (χ1v) is 6.41. The molecule has 2 nitrogen and oxygen atoms in total. The molecule has 2 rings (SSSR count). The smallest absolute Gasteiger partial charge is 0.123 e. The molecule has 1 atom stereocenters. The predicted octanol–water partition coefficient (Wildman–Crippen LogP) is 2.32. The first kappa shape index (κ1) is 11.0. The summed E-state index contributed by atoms with van der Waals surface area (Å²) in [6, 6.07) is 8.32. The normalized spacial score (nSPS) is 19.0. The van der Waals surface area contributed by atoms with Crippen LogP contribution >= 0.6 is 15.9 Å². The van der Waals surface area contributed by atoms with Crippen molar-refractivity contribution in [2.24, 2.45) is 0 Å². The van der Waals surface area contributed by atoms with Gasteiger partial charge in [0.05, 0.1) is 0 Å². The monoisotopic (exact) mass is 269 g/mol. The van der Waals surface area contributed by atoms with Crippen LogP contribution < -0.4 is 4.74 Å². The fourth-order valence-corrected chi connectivity index (χ4v) is 2.54. The fraction of sp³-hybridized carbons (Fsp3) is 0.500. The van der Waals surface area contributed by atoms with Crippen LogP contribution in [0.1, 0.15) is 5.56 Å². The Kier molecular flexibility index (Phi) is 3.65. The molecule has 1 aromatic carbocycles. The van der Waals surface area contributed by atoms with Crippen LogP contribution in [0.4, 0.5) is 0 Å². The van der Waals surface area contributed by atoms with E-state index < -0.39 is 0 Å². The van der Waals surface area contributed by atoms with Gasteiger partial charge in [-0.2, -0.15) is 0 Å². The molecule has 1 aliphatic heterocycles. The summed E-state index contributed by atoms with van der Waals surface area (Å²) in [5, 5.41) is 1.02. The molecule has 1 heterocycles. The summed E-state index contributed by atoms with van der Waals surface area (Å²) >= 11 is 3.45. The van der Waals surface area contributed by atoms with Crippen molar-refractivity contribution in [1.82, 2.24) is 4.90 Å². The number of para-hydroxylation sites is 1. The summed E-state index contributed by atoms with van der Waals surface area (Å²) in [6.07, 6.45) is 1.37. The Morgan fingerprint density at radius 2 is 2.27 bits per heavy atom. The van der Waals surface area contributed by atoms with Gasteiger partial charge in [-0.25, -0.2) is 0 Å². The number of benzene rings is 1. The Balaban J connectivity index is 1.90. The number of likely N-dealkylation sites (N-methyl/N-ethyl adjacent to an activating group) is 1. The maximum absolute atomic E-state index is 5.87. The zero-order chi connectivity index (χ0) is 10.7. The molecule has 15 heavy (non-hydrogen) atoms. The van der Waals surface area contributed by atoms with Crippen LogP contribution in [-0.2, 0) is 6.42 Å². The molecular formula is C12H16BrNO. The third-order valence-electron chi connectivity index (χ3n) is 2.70. The lowest BCUT2D eigenvalue weighted by Crippen LogP contribution is -2.33. The minimum atomic E-state index is 0.325. The van der Waals surface area contributed by atoms with Crippen LogP contribution in [0, 0.1) is 0 Å². The molecular weight excluding hydrogens is 254 g/mol. The van der Waals surface area contributed by atoms with Crippen LogP contribution in [0.3, 0.4) is 0 Å². The molecule has 0 amide bonds. The molecule has 3 heteroatoms. The largest absolute Gasteiger partial charge is 0.488 e. The van der Waals surface area contributed by atoms with Gasteiger partial charge in [-0.05, 0) is 18.7 Å². The molecule has 0 fully saturated rings. The van der Waals surface area contributed by atoms with Crippen molar-refractivity contribution < 1.29 is 4.74 Å². The molecule has 0 saturated heterocycles. The first-order chi connectivity index (χ1) is 7.29. The van der Waals surface area contributed by atoms with E-state index in [1.165, 1.54) is 5.56 Å². The van der Waals surface area contributed by atoms with Crippen LogP contribution in [-0.4, -0.2) is 36.5 Å². The third kappa shape index (κ3) is 2.73. The summed E-state index contributed by atoms with van der Waals surface area (Å²) < 4.78 is 5.87. The molecule has 0 N–H and O–H groups in total. The van der Waals surface area contributed by atoms with E-state index in [0.717, 1.165) is 30.6 Å². The van der Waals surface area contributed by atoms with Crippen molar-refractivity contribution in [2.45, 2.75) is 12.5 Å². The zero-order valence-corrected chi connectivity index (χ0v) is 10.5. The van der Waals surface area contributed by atoms with Gasteiger partial charge in [-0.15, -0.1) is 0 Å². The van der Waals surface area contributed by atoms with Crippen molar-refractivity contribution in [3.05, 3.63) is 29.8 Å². The van der Waals surface area contributed by atoms with Gasteiger partial charge in [0.25, 0.3) is 0 Å². The Morgan fingerprint density at radius 1 is 1.47 bits per heavy atom. The van der Waals surface area contributed by atoms with Gasteiger partial charge in [-0.3, -0.25) is 0 Å². The Labute approximate surface area is 99.4 Å². The molecule has 0 aromatic heterocycles. The van der Waals surface area contributed by atoms with E-state index in [1.54, 1.807) is 0 Å². The molecule has 1 aromatic rings. The maximum Gasteiger partial charge on any atom is 0.123 e. The number of fused-ring (bicyclic) bond motifs is 1. The van der Waals surface area contributed by atoms with Gasteiger partial charge >= 0.3 is 0 Å². The molecule has 1 aliphatic rings. The quantitative estimate of drug-likeness (QED) is 0.778. The van der Waals surface area contributed by atoms with Crippen molar-refractivity contribution in [1.29, 1.82) is 0 Å². The second kappa shape index (κ2) is 4.99. The van der Waals surface area contributed by atoms with Gasteiger partial charge < -0.3 is 9.64 Å². The first-order valence-electron chi connectivity index (χ1n) is 5.28. The van der Waals surface area contributed by atoms with Crippen molar-refractivity contribution >= 4 is 15.9 Å². The number of hydrogen-bond donors (Lipinski definition) is 0. The minimum absolute atomic E-state index is 0.325. The van der Waals surface area contributed by atoms with Crippen LogP contribution in [0.15, 0.2) is 24.3 Å². The van der Waals surface area contributed by atoms with E-state index in [1.807, 2.05) is 6.07 Å². The summed E-state index contributed by atoms with van der Waals surface area (Å²) in [5.74, 6) is 1.06. The number of rotatable bonds is 4. The lowest BCUT2D eigenvalue weighted by atomic mass is 10.1. The highest BCUT2D eigenvalue weighted by atomic mass is 79.9. The highest BCUT2D eigenvalue weighted by Gasteiger charge is 2.22. The molecule has 0 spiro atoms. The highest BCUT2D eigenvalue weighted by Crippen LogP contribution is 2.28. The van der Waals surface area contributed by atoms with Gasteiger partial charge in [-0.1, -0.05) is 34.1 Å². The fourth-order valence-electron chi connectivity index (χ4n) is 1.94. The van der Waals surface area contributed by atoms with Gasteiger partial charge in [0.2, 0.25) is 0 Å². The number of halogens is 1.